The highest BCUT2D eigenvalue weighted by Gasteiger charge is 2.21. The third-order valence-corrected chi connectivity index (χ3v) is 2.60. The Bertz CT molecular complexity index is 398. The van der Waals surface area contributed by atoms with Crippen molar-refractivity contribution in [3.8, 4) is 0 Å². The summed E-state index contributed by atoms with van der Waals surface area (Å²) in [6, 6.07) is 3.24. The fourth-order valence-corrected chi connectivity index (χ4v) is 1.18. The van der Waals surface area contributed by atoms with Gasteiger partial charge in [0.05, 0.1) is 6.10 Å². The summed E-state index contributed by atoms with van der Waals surface area (Å²) < 4.78 is 0. The second-order valence-corrected chi connectivity index (χ2v) is 5.15. The standard InChI is InChI=1S/C12H20N4O2/c1-12(2,3)9(17)7-14-10-6-5-8(15-16-10)11(18)13-4/h5-6,9,17H,7H2,1-4H3,(H,13,18)(H,14,16). The molecule has 6 heteroatoms. The Kier molecular flexibility index (Phi) is 4.61. The lowest BCUT2D eigenvalue weighted by molar-refractivity contribution is 0.0745. The molecular weight excluding hydrogens is 232 g/mol. The Morgan fingerprint density at radius 2 is 2.06 bits per heavy atom. The predicted molar refractivity (Wildman–Crippen MR) is 69.4 cm³/mol. The molecule has 0 aliphatic rings. The number of rotatable bonds is 4. The van der Waals surface area contributed by atoms with E-state index in [0.29, 0.717) is 12.4 Å². The molecule has 0 bridgehead atoms. The minimum absolute atomic E-state index is 0.192. The molecule has 0 saturated heterocycles. The van der Waals surface area contributed by atoms with Crippen LogP contribution in [0.5, 0.6) is 0 Å². The van der Waals surface area contributed by atoms with E-state index in [9.17, 15) is 9.90 Å². The first kappa shape index (κ1) is 14.4. The topological polar surface area (TPSA) is 87.1 Å². The van der Waals surface area contributed by atoms with E-state index in [2.05, 4.69) is 20.8 Å². The maximum atomic E-state index is 11.2. The third-order valence-electron chi connectivity index (χ3n) is 2.60. The summed E-state index contributed by atoms with van der Waals surface area (Å²) in [5, 5.41) is 23.0. The molecule has 0 aromatic carbocycles. The molecule has 0 radical (unpaired) electrons. The van der Waals surface area contributed by atoms with Gasteiger partial charge in [-0.2, -0.15) is 0 Å². The van der Waals surface area contributed by atoms with Crippen LogP contribution in [0.1, 0.15) is 31.3 Å². The Labute approximate surface area is 107 Å². The van der Waals surface area contributed by atoms with Crippen LogP contribution in [0.25, 0.3) is 0 Å². The molecule has 1 atom stereocenters. The second kappa shape index (κ2) is 5.77. The monoisotopic (exact) mass is 252 g/mol. The van der Waals surface area contributed by atoms with Gasteiger partial charge in [-0.25, -0.2) is 0 Å². The minimum atomic E-state index is -0.488. The summed E-state index contributed by atoms with van der Waals surface area (Å²) in [6.45, 7) is 6.26. The average Bonchev–Trinajstić information content (AvgIpc) is 2.34. The predicted octanol–water partition coefficient (Wildman–Crippen LogP) is 0.655. The summed E-state index contributed by atoms with van der Waals surface area (Å²) in [6.07, 6.45) is -0.488. The zero-order valence-corrected chi connectivity index (χ0v) is 11.2. The number of nitrogens with one attached hydrogen (secondary N) is 2. The van der Waals surface area contributed by atoms with Gasteiger partial charge in [0.15, 0.2) is 5.69 Å². The lowest BCUT2D eigenvalue weighted by atomic mass is 9.89. The smallest absolute Gasteiger partial charge is 0.271 e. The number of nitrogens with zero attached hydrogens (tertiary/aromatic N) is 2. The highest BCUT2D eigenvalue weighted by atomic mass is 16.3. The van der Waals surface area contributed by atoms with Crippen molar-refractivity contribution < 1.29 is 9.90 Å². The summed E-state index contributed by atoms with van der Waals surface area (Å²) in [5.74, 6) is 0.259. The Morgan fingerprint density at radius 1 is 1.39 bits per heavy atom. The van der Waals surface area contributed by atoms with Crippen LogP contribution in [0.2, 0.25) is 0 Å². The molecule has 1 rings (SSSR count). The summed E-state index contributed by atoms with van der Waals surface area (Å²) >= 11 is 0. The van der Waals surface area contributed by atoms with Crippen LogP contribution in [0.3, 0.4) is 0 Å². The average molecular weight is 252 g/mol. The van der Waals surface area contributed by atoms with Crippen molar-refractivity contribution >= 4 is 11.7 Å². The van der Waals surface area contributed by atoms with Crippen molar-refractivity contribution in [2.45, 2.75) is 26.9 Å². The molecule has 1 amide bonds. The number of aliphatic hydroxyl groups excluding tert-OH is 1. The number of hydrogen-bond acceptors (Lipinski definition) is 5. The minimum Gasteiger partial charge on any atom is -0.391 e. The van der Waals surface area contributed by atoms with Crippen LogP contribution in [0, 0.1) is 5.41 Å². The van der Waals surface area contributed by atoms with Gasteiger partial charge in [0.1, 0.15) is 5.82 Å². The molecule has 1 unspecified atom stereocenters. The fraction of sp³-hybridized carbons (Fsp3) is 0.583. The molecule has 0 saturated carbocycles. The number of carbonyl (C=O) groups excluding carboxylic acids is 1. The van der Waals surface area contributed by atoms with Gasteiger partial charge in [-0.05, 0) is 17.5 Å². The van der Waals surface area contributed by atoms with E-state index in [-0.39, 0.29) is 17.0 Å². The molecule has 1 aromatic rings. The van der Waals surface area contributed by atoms with Crippen LogP contribution in [0.4, 0.5) is 5.82 Å². The molecule has 3 N–H and O–H groups in total. The van der Waals surface area contributed by atoms with Crippen molar-refractivity contribution in [3.63, 3.8) is 0 Å². The van der Waals surface area contributed by atoms with Crippen molar-refractivity contribution in [2.75, 3.05) is 18.9 Å². The van der Waals surface area contributed by atoms with Crippen LogP contribution in [-0.4, -0.2) is 40.9 Å². The van der Waals surface area contributed by atoms with E-state index in [1.165, 1.54) is 7.05 Å². The number of hydrogen-bond donors (Lipinski definition) is 3. The third kappa shape index (κ3) is 3.96. The van der Waals surface area contributed by atoms with Gasteiger partial charge in [-0.3, -0.25) is 4.79 Å². The van der Waals surface area contributed by atoms with E-state index in [0.717, 1.165) is 0 Å². The highest BCUT2D eigenvalue weighted by molar-refractivity contribution is 5.91. The van der Waals surface area contributed by atoms with Gasteiger partial charge in [-0.15, -0.1) is 10.2 Å². The van der Waals surface area contributed by atoms with E-state index in [1.807, 2.05) is 20.8 Å². The van der Waals surface area contributed by atoms with Crippen LogP contribution in [0.15, 0.2) is 12.1 Å². The van der Waals surface area contributed by atoms with E-state index < -0.39 is 6.10 Å². The molecule has 0 spiro atoms. The number of amides is 1. The van der Waals surface area contributed by atoms with Crippen LogP contribution < -0.4 is 10.6 Å². The zero-order chi connectivity index (χ0) is 13.8. The molecule has 0 aliphatic carbocycles. The van der Waals surface area contributed by atoms with Gasteiger partial charge in [0.2, 0.25) is 0 Å². The molecule has 1 heterocycles. The van der Waals surface area contributed by atoms with Gasteiger partial charge >= 0.3 is 0 Å². The van der Waals surface area contributed by atoms with Gasteiger partial charge in [0.25, 0.3) is 5.91 Å². The number of aliphatic hydroxyl groups is 1. The normalized spacial score (nSPS) is 12.9. The van der Waals surface area contributed by atoms with Gasteiger partial charge in [-0.1, -0.05) is 20.8 Å². The van der Waals surface area contributed by atoms with Gasteiger partial charge in [0, 0.05) is 13.6 Å². The molecular formula is C12H20N4O2. The summed E-state index contributed by atoms with van der Waals surface area (Å²) in [5.41, 5.74) is 0.0714. The first-order valence-corrected chi connectivity index (χ1v) is 5.82. The largest absolute Gasteiger partial charge is 0.391 e. The maximum absolute atomic E-state index is 11.2. The number of carbonyl (C=O) groups is 1. The molecule has 6 nitrogen and oxygen atoms in total. The van der Waals surface area contributed by atoms with Crippen molar-refractivity contribution in [2.24, 2.45) is 5.41 Å². The molecule has 100 valence electrons. The molecule has 0 fully saturated rings. The zero-order valence-electron chi connectivity index (χ0n) is 11.2. The maximum Gasteiger partial charge on any atom is 0.271 e. The molecule has 1 aromatic heterocycles. The van der Waals surface area contributed by atoms with Crippen LogP contribution >= 0.6 is 0 Å². The lowest BCUT2D eigenvalue weighted by Gasteiger charge is -2.25. The van der Waals surface area contributed by atoms with E-state index in [1.54, 1.807) is 12.1 Å². The lowest BCUT2D eigenvalue weighted by Crippen LogP contribution is -2.33. The summed E-state index contributed by atoms with van der Waals surface area (Å²) in [7, 11) is 1.54. The van der Waals surface area contributed by atoms with Crippen LogP contribution in [-0.2, 0) is 0 Å². The summed E-state index contributed by atoms with van der Waals surface area (Å²) in [4.78, 5) is 11.2. The van der Waals surface area contributed by atoms with Gasteiger partial charge < -0.3 is 15.7 Å². The quantitative estimate of drug-likeness (QED) is 0.732. The number of anilines is 1. The SMILES string of the molecule is CNC(=O)c1ccc(NCC(O)C(C)(C)C)nn1. The first-order chi connectivity index (χ1) is 8.34. The van der Waals surface area contributed by atoms with E-state index in [4.69, 9.17) is 0 Å². The Hall–Kier alpha value is -1.69. The molecule has 18 heavy (non-hydrogen) atoms. The second-order valence-electron chi connectivity index (χ2n) is 5.15. The number of aromatic nitrogens is 2. The fourth-order valence-electron chi connectivity index (χ4n) is 1.18. The van der Waals surface area contributed by atoms with E-state index >= 15 is 0 Å². The first-order valence-electron chi connectivity index (χ1n) is 5.82. The Balaban J connectivity index is 2.57. The van der Waals surface area contributed by atoms with Crippen molar-refractivity contribution in [3.05, 3.63) is 17.8 Å². The Morgan fingerprint density at radius 3 is 2.50 bits per heavy atom. The molecule has 0 aliphatic heterocycles. The van der Waals surface area contributed by atoms with Crippen molar-refractivity contribution in [1.82, 2.24) is 15.5 Å². The van der Waals surface area contributed by atoms with Crippen molar-refractivity contribution in [1.29, 1.82) is 0 Å². The highest BCUT2D eigenvalue weighted by Crippen LogP contribution is 2.19.